The number of carbonyl (C=O) groups is 1. The Hall–Kier alpha value is -2.56. The van der Waals surface area contributed by atoms with Gasteiger partial charge in [0.15, 0.2) is 0 Å². The third kappa shape index (κ3) is 4.50. The van der Waals surface area contributed by atoms with Crippen LogP contribution < -0.4 is 10.6 Å². The minimum Gasteiger partial charge on any atom is -0.381 e. The minimum absolute atomic E-state index is 0.295. The standard InChI is InChI=1S/C19H15Cl2N3O/c20-15-6-2-1-5-13(15)12-23-14-9-10-22-18(11-14)19(25)24-17-8-4-3-7-16(17)21/h1-11H,12H2,(H,22,23)(H,24,25). The predicted octanol–water partition coefficient (Wildman–Crippen LogP) is 5.25. The zero-order valence-corrected chi connectivity index (χ0v) is 14.7. The van der Waals surface area contributed by atoms with Crippen molar-refractivity contribution in [3.8, 4) is 0 Å². The maximum Gasteiger partial charge on any atom is 0.274 e. The van der Waals surface area contributed by atoms with E-state index in [1.165, 1.54) is 0 Å². The van der Waals surface area contributed by atoms with Gasteiger partial charge < -0.3 is 10.6 Å². The van der Waals surface area contributed by atoms with Crippen LogP contribution in [0.25, 0.3) is 0 Å². The lowest BCUT2D eigenvalue weighted by Crippen LogP contribution is -2.14. The molecule has 0 bridgehead atoms. The van der Waals surface area contributed by atoms with E-state index in [1.54, 1.807) is 42.6 Å². The van der Waals surface area contributed by atoms with Gasteiger partial charge in [-0.1, -0.05) is 53.5 Å². The summed E-state index contributed by atoms with van der Waals surface area (Å²) >= 11 is 12.2. The zero-order valence-electron chi connectivity index (χ0n) is 13.2. The van der Waals surface area contributed by atoms with E-state index in [4.69, 9.17) is 23.2 Å². The Morgan fingerprint density at radius 3 is 2.44 bits per heavy atom. The second-order valence-corrected chi connectivity index (χ2v) is 6.12. The largest absolute Gasteiger partial charge is 0.381 e. The van der Waals surface area contributed by atoms with Gasteiger partial charge in [0.25, 0.3) is 5.91 Å². The molecule has 2 aromatic carbocycles. The normalized spacial score (nSPS) is 10.3. The molecule has 4 nitrogen and oxygen atoms in total. The Bertz CT molecular complexity index is 899. The van der Waals surface area contributed by atoms with Crippen LogP contribution in [0.1, 0.15) is 16.1 Å². The number of amides is 1. The molecule has 0 unspecified atom stereocenters. The molecule has 6 heteroatoms. The summed E-state index contributed by atoms with van der Waals surface area (Å²) in [5, 5.41) is 7.17. The number of rotatable bonds is 5. The lowest BCUT2D eigenvalue weighted by atomic mass is 10.2. The van der Waals surface area contributed by atoms with Crippen molar-refractivity contribution >= 4 is 40.5 Å². The molecule has 3 rings (SSSR count). The second-order valence-electron chi connectivity index (χ2n) is 5.31. The molecular formula is C19H15Cl2N3O. The van der Waals surface area contributed by atoms with E-state index in [-0.39, 0.29) is 5.91 Å². The van der Waals surface area contributed by atoms with Crippen molar-refractivity contribution in [1.29, 1.82) is 0 Å². The smallest absolute Gasteiger partial charge is 0.274 e. The van der Waals surface area contributed by atoms with Crippen molar-refractivity contribution in [1.82, 2.24) is 4.98 Å². The van der Waals surface area contributed by atoms with Crippen molar-refractivity contribution in [3.63, 3.8) is 0 Å². The summed E-state index contributed by atoms with van der Waals surface area (Å²) in [6.07, 6.45) is 1.58. The molecule has 0 atom stereocenters. The number of hydrogen-bond donors (Lipinski definition) is 2. The Balaban J connectivity index is 1.70. The van der Waals surface area contributed by atoms with Crippen LogP contribution in [-0.2, 0) is 6.54 Å². The van der Waals surface area contributed by atoms with E-state index in [2.05, 4.69) is 15.6 Å². The van der Waals surface area contributed by atoms with Gasteiger partial charge in [0.05, 0.1) is 10.7 Å². The van der Waals surface area contributed by atoms with Crippen molar-refractivity contribution in [2.45, 2.75) is 6.54 Å². The number of nitrogens with zero attached hydrogens (tertiary/aromatic N) is 1. The van der Waals surface area contributed by atoms with E-state index < -0.39 is 0 Å². The van der Waals surface area contributed by atoms with Gasteiger partial charge in [-0.25, -0.2) is 0 Å². The van der Waals surface area contributed by atoms with Gasteiger partial charge in [-0.05, 0) is 35.9 Å². The molecular weight excluding hydrogens is 357 g/mol. The first-order chi connectivity index (χ1) is 12.1. The lowest BCUT2D eigenvalue weighted by molar-refractivity contribution is 0.102. The minimum atomic E-state index is -0.325. The van der Waals surface area contributed by atoms with Crippen molar-refractivity contribution in [3.05, 3.63) is 88.2 Å². The molecule has 0 spiro atoms. The van der Waals surface area contributed by atoms with Crippen molar-refractivity contribution in [2.75, 3.05) is 10.6 Å². The van der Waals surface area contributed by atoms with Crippen LogP contribution >= 0.6 is 23.2 Å². The number of anilines is 2. The molecule has 1 heterocycles. The van der Waals surface area contributed by atoms with E-state index in [0.717, 1.165) is 11.3 Å². The number of halogens is 2. The Morgan fingerprint density at radius 1 is 0.960 bits per heavy atom. The summed E-state index contributed by atoms with van der Waals surface area (Å²) in [5.74, 6) is -0.325. The fourth-order valence-electron chi connectivity index (χ4n) is 2.25. The highest BCUT2D eigenvalue weighted by Crippen LogP contribution is 2.21. The summed E-state index contributed by atoms with van der Waals surface area (Å²) in [7, 11) is 0. The van der Waals surface area contributed by atoms with Gasteiger partial charge >= 0.3 is 0 Å². The van der Waals surface area contributed by atoms with E-state index in [1.807, 2.05) is 24.3 Å². The number of pyridine rings is 1. The van der Waals surface area contributed by atoms with Crippen LogP contribution in [0.4, 0.5) is 11.4 Å². The average molecular weight is 372 g/mol. The van der Waals surface area contributed by atoms with Crippen molar-refractivity contribution < 1.29 is 4.79 Å². The Kier molecular flexibility index (Phi) is 5.53. The quantitative estimate of drug-likeness (QED) is 0.643. The zero-order chi connectivity index (χ0) is 17.6. The second kappa shape index (κ2) is 8.01. The fourth-order valence-corrected chi connectivity index (χ4v) is 2.64. The topological polar surface area (TPSA) is 54.0 Å². The van der Waals surface area contributed by atoms with E-state index in [9.17, 15) is 4.79 Å². The van der Waals surface area contributed by atoms with Gasteiger partial charge in [0, 0.05) is 23.5 Å². The number of benzene rings is 2. The number of nitrogens with one attached hydrogen (secondary N) is 2. The highest BCUT2D eigenvalue weighted by Gasteiger charge is 2.10. The molecule has 0 saturated carbocycles. The number of para-hydroxylation sites is 1. The molecule has 0 radical (unpaired) electrons. The first-order valence-electron chi connectivity index (χ1n) is 7.63. The van der Waals surface area contributed by atoms with Crippen molar-refractivity contribution in [2.24, 2.45) is 0 Å². The molecule has 126 valence electrons. The Labute approximate surface area is 155 Å². The van der Waals surface area contributed by atoms with Crippen LogP contribution in [0.3, 0.4) is 0 Å². The first kappa shape index (κ1) is 17.3. The highest BCUT2D eigenvalue weighted by molar-refractivity contribution is 6.33. The fraction of sp³-hybridized carbons (Fsp3) is 0.0526. The molecule has 0 aliphatic heterocycles. The predicted molar refractivity (Wildman–Crippen MR) is 102 cm³/mol. The van der Waals surface area contributed by atoms with E-state index in [0.29, 0.717) is 28.0 Å². The van der Waals surface area contributed by atoms with Crippen LogP contribution in [0.2, 0.25) is 10.0 Å². The SMILES string of the molecule is O=C(Nc1ccccc1Cl)c1cc(NCc2ccccc2Cl)ccn1. The summed E-state index contributed by atoms with van der Waals surface area (Å²) in [4.78, 5) is 16.5. The first-order valence-corrected chi connectivity index (χ1v) is 8.38. The molecule has 1 amide bonds. The van der Waals surface area contributed by atoms with Crippen LogP contribution in [0.15, 0.2) is 66.9 Å². The molecule has 2 N–H and O–H groups in total. The molecule has 0 aliphatic carbocycles. The molecule has 0 fully saturated rings. The maximum atomic E-state index is 12.4. The maximum absolute atomic E-state index is 12.4. The van der Waals surface area contributed by atoms with Gasteiger partial charge in [-0.3, -0.25) is 9.78 Å². The average Bonchev–Trinajstić information content (AvgIpc) is 2.63. The third-order valence-electron chi connectivity index (χ3n) is 3.56. The summed E-state index contributed by atoms with van der Waals surface area (Å²) in [6, 6.07) is 18.1. The molecule has 25 heavy (non-hydrogen) atoms. The summed E-state index contributed by atoms with van der Waals surface area (Å²) in [6.45, 7) is 0.551. The third-order valence-corrected chi connectivity index (χ3v) is 4.25. The summed E-state index contributed by atoms with van der Waals surface area (Å²) in [5.41, 5.74) is 2.59. The highest BCUT2D eigenvalue weighted by atomic mass is 35.5. The van der Waals surface area contributed by atoms with Gasteiger partial charge in [-0.2, -0.15) is 0 Å². The van der Waals surface area contributed by atoms with Gasteiger partial charge in [0.1, 0.15) is 5.69 Å². The monoisotopic (exact) mass is 371 g/mol. The van der Waals surface area contributed by atoms with Gasteiger partial charge in [0.2, 0.25) is 0 Å². The molecule has 3 aromatic rings. The number of hydrogen-bond acceptors (Lipinski definition) is 3. The lowest BCUT2D eigenvalue weighted by Gasteiger charge is -2.10. The number of aromatic nitrogens is 1. The molecule has 0 aliphatic rings. The molecule has 0 saturated heterocycles. The summed E-state index contributed by atoms with van der Waals surface area (Å²) < 4.78 is 0. The van der Waals surface area contributed by atoms with Crippen LogP contribution in [0, 0.1) is 0 Å². The van der Waals surface area contributed by atoms with Crippen LogP contribution in [-0.4, -0.2) is 10.9 Å². The van der Waals surface area contributed by atoms with E-state index >= 15 is 0 Å². The molecule has 1 aromatic heterocycles. The van der Waals surface area contributed by atoms with Crippen LogP contribution in [0.5, 0.6) is 0 Å². The number of carbonyl (C=O) groups excluding carboxylic acids is 1. The van der Waals surface area contributed by atoms with Gasteiger partial charge in [-0.15, -0.1) is 0 Å². The Morgan fingerprint density at radius 2 is 1.68 bits per heavy atom.